The summed E-state index contributed by atoms with van der Waals surface area (Å²) in [6.45, 7) is 0. The minimum absolute atomic E-state index is 0.0997. The molecule has 0 aliphatic rings. The fourth-order valence-electron chi connectivity index (χ4n) is 1.28. The highest BCUT2D eigenvalue weighted by atomic mass is 35.5. The van der Waals surface area contributed by atoms with Crippen LogP contribution < -0.4 is 4.74 Å². The molecule has 0 N–H and O–H groups in total. The lowest BCUT2D eigenvalue weighted by Gasteiger charge is -2.02. The molecule has 0 bridgehead atoms. The van der Waals surface area contributed by atoms with E-state index in [0.29, 0.717) is 5.56 Å². The van der Waals surface area contributed by atoms with Crippen molar-refractivity contribution in [3.05, 3.63) is 33.7 Å². The largest absolute Gasteiger partial charge is 0.490 e. The Morgan fingerprint density at radius 1 is 1.47 bits per heavy atom. The van der Waals surface area contributed by atoms with Gasteiger partial charge < -0.3 is 9.15 Å². The van der Waals surface area contributed by atoms with Crippen LogP contribution in [0.2, 0.25) is 5.35 Å². The molecule has 1 aromatic carbocycles. The van der Waals surface area contributed by atoms with Gasteiger partial charge in [-0.1, -0.05) is 5.10 Å². The quantitative estimate of drug-likeness (QED) is 0.617. The number of ether oxygens (including phenoxy) is 1. The average molecular weight is 256 g/mol. The average Bonchev–Trinajstić information content (AvgIpc) is 2.75. The van der Waals surface area contributed by atoms with E-state index in [-0.39, 0.29) is 22.7 Å². The highest BCUT2D eigenvalue weighted by molar-refractivity contribution is 6.27. The Balaban J connectivity index is 2.48. The molecule has 0 amide bonds. The number of nitro benzene ring substituents is 1. The van der Waals surface area contributed by atoms with Gasteiger partial charge in [-0.25, -0.2) is 0 Å². The Morgan fingerprint density at radius 2 is 2.24 bits per heavy atom. The third kappa shape index (κ3) is 2.18. The van der Waals surface area contributed by atoms with Gasteiger partial charge in [-0.2, -0.15) is 0 Å². The first-order chi connectivity index (χ1) is 8.11. The van der Waals surface area contributed by atoms with Crippen LogP contribution in [0.4, 0.5) is 5.69 Å². The van der Waals surface area contributed by atoms with Crippen molar-refractivity contribution in [3.63, 3.8) is 0 Å². The van der Waals surface area contributed by atoms with Crippen LogP contribution in [-0.4, -0.2) is 22.2 Å². The third-order valence-corrected chi connectivity index (χ3v) is 2.18. The van der Waals surface area contributed by atoms with Gasteiger partial charge >= 0.3 is 11.0 Å². The van der Waals surface area contributed by atoms with Gasteiger partial charge in [0.2, 0.25) is 5.89 Å². The fourth-order valence-corrected chi connectivity index (χ4v) is 1.39. The van der Waals surface area contributed by atoms with Gasteiger partial charge in [-0.05, 0) is 17.7 Å². The molecule has 0 spiro atoms. The molecule has 8 heteroatoms. The second-order valence-electron chi connectivity index (χ2n) is 3.00. The molecule has 1 aromatic heterocycles. The van der Waals surface area contributed by atoms with Crippen molar-refractivity contribution < 1.29 is 14.1 Å². The third-order valence-electron chi connectivity index (χ3n) is 2.02. The molecule has 0 saturated carbocycles. The van der Waals surface area contributed by atoms with E-state index in [1.807, 2.05) is 0 Å². The van der Waals surface area contributed by atoms with Crippen molar-refractivity contribution >= 4 is 17.3 Å². The molecule has 0 radical (unpaired) electrons. The van der Waals surface area contributed by atoms with Crippen LogP contribution >= 0.6 is 11.6 Å². The van der Waals surface area contributed by atoms with Gasteiger partial charge in [0, 0.05) is 17.7 Å². The summed E-state index contributed by atoms with van der Waals surface area (Å²) in [7, 11) is 1.34. The molecule has 7 nitrogen and oxygen atoms in total. The molecule has 0 unspecified atom stereocenters. The molecule has 0 atom stereocenters. The molecule has 17 heavy (non-hydrogen) atoms. The van der Waals surface area contributed by atoms with E-state index in [9.17, 15) is 10.1 Å². The number of hydrogen-bond donors (Lipinski definition) is 0. The number of nitro groups is 1. The Kier molecular flexibility index (Phi) is 2.92. The number of nitrogens with zero attached hydrogens (tertiary/aromatic N) is 3. The number of aromatic nitrogens is 2. The topological polar surface area (TPSA) is 91.3 Å². The summed E-state index contributed by atoms with van der Waals surface area (Å²) in [6.07, 6.45) is 0. The van der Waals surface area contributed by atoms with E-state index in [1.165, 1.54) is 25.3 Å². The summed E-state index contributed by atoms with van der Waals surface area (Å²) in [5.74, 6) is 0.282. The SMILES string of the molecule is COc1cc(-c2nnc(Cl)o2)ccc1[N+](=O)[O-]. The van der Waals surface area contributed by atoms with Gasteiger partial charge in [0.05, 0.1) is 12.0 Å². The van der Waals surface area contributed by atoms with E-state index in [4.69, 9.17) is 20.8 Å². The van der Waals surface area contributed by atoms with Crippen molar-refractivity contribution in [1.29, 1.82) is 0 Å². The Bertz CT molecular complexity index is 569. The lowest BCUT2D eigenvalue weighted by atomic mass is 10.2. The molecule has 0 saturated heterocycles. The zero-order valence-electron chi connectivity index (χ0n) is 8.58. The van der Waals surface area contributed by atoms with E-state index < -0.39 is 4.92 Å². The van der Waals surface area contributed by atoms with Crippen molar-refractivity contribution in [2.24, 2.45) is 0 Å². The Hall–Kier alpha value is -2.15. The monoisotopic (exact) mass is 255 g/mol. The Morgan fingerprint density at radius 3 is 2.76 bits per heavy atom. The van der Waals surface area contributed by atoms with Crippen molar-refractivity contribution in [2.45, 2.75) is 0 Å². The molecule has 0 aliphatic heterocycles. The summed E-state index contributed by atoms with van der Waals surface area (Å²) >= 11 is 5.49. The second-order valence-corrected chi connectivity index (χ2v) is 3.33. The molecule has 88 valence electrons. The zero-order chi connectivity index (χ0) is 12.4. The van der Waals surface area contributed by atoms with Crippen LogP contribution in [0.1, 0.15) is 0 Å². The van der Waals surface area contributed by atoms with Gasteiger partial charge in [0.25, 0.3) is 0 Å². The van der Waals surface area contributed by atoms with Crippen molar-refractivity contribution in [3.8, 4) is 17.2 Å². The minimum Gasteiger partial charge on any atom is -0.490 e. The zero-order valence-corrected chi connectivity index (χ0v) is 9.34. The summed E-state index contributed by atoms with van der Waals surface area (Å²) in [5, 5.41) is 17.7. The molecule has 0 fully saturated rings. The van der Waals surface area contributed by atoms with Crippen LogP contribution in [0.3, 0.4) is 0 Å². The highest BCUT2D eigenvalue weighted by Gasteiger charge is 2.17. The predicted octanol–water partition coefficient (Wildman–Crippen LogP) is 2.31. The molecular formula is C9H6ClN3O4. The van der Waals surface area contributed by atoms with Gasteiger partial charge in [-0.15, -0.1) is 5.10 Å². The normalized spacial score (nSPS) is 10.2. The number of methoxy groups -OCH3 is 1. The standard InChI is InChI=1S/C9H6ClN3O4/c1-16-7-4-5(2-3-6(7)13(14)15)8-11-12-9(10)17-8/h2-4H,1H3. The maximum atomic E-state index is 10.7. The molecular weight excluding hydrogens is 250 g/mol. The first kappa shape index (κ1) is 11.3. The van der Waals surface area contributed by atoms with Crippen LogP contribution in [0.15, 0.2) is 22.6 Å². The number of rotatable bonds is 3. The van der Waals surface area contributed by atoms with Crippen LogP contribution in [-0.2, 0) is 0 Å². The summed E-state index contributed by atoms with van der Waals surface area (Å²) in [5.41, 5.74) is 0.355. The van der Waals surface area contributed by atoms with Crippen molar-refractivity contribution in [2.75, 3.05) is 7.11 Å². The number of hydrogen-bond acceptors (Lipinski definition) is 6. The molecule has 2 aromatic rings. The highest BCUT2D eigenvalue weighted by Crippen LogP contribution is 2.31. The number of benzene rings is 1. The summed E-state index contributed by atoms with van der Waals surface area (Å²) in [4.78, 5) is 10.1. The maximum absolute atomic E-state index is 10.7. The molecule has 2 rings (SSSR count). The maximum Gasteiger partial charge on any atom is 0.313 e. The first-order valence-electron chi connectivity index (χ1n) is 4.43. The Labute approximate surface area is 100 Å². The molecule has 1 heterocycles. The van der Waals surface area contributed by atoms with Gasteiger partial charge in [0.1, 0.15) is 0 Å². The van der Waals surface area contributed by atoms with Gasteiger partial charge in [-0.3, -0.25) is 10.1 Å². The van der Waals surface area contributed by atoms with Crippen LogP contribution in [0, 0.1) is 10.1 Å². The predicted molar refractivity (Wildman–Crippen MR) is 58.0 cm³/mol. The van der Waals surface area contributed by atoms with E-state index >= 15 is 0 Å². The van der Waals surface area contributed by atoms with E-state index in [0.717, 1.165) is 0 Å². The van der Waals surface area contributed by atoms with Crippen molar-refractivity contribution in [1.82, 2.24) is 10.2 Å². The van der Waals surface area contributed by atoms with Crippen LogP contribution in [0.25, 0.3) is 11.5 Å². The van der Waals surface area contributed by atoms with Gasteiger partial charge in [0.15, 0.2) is 5.75 Å². The number of halogens is 1. The second kappa shape index (κ2) is 4.38. The lowest BCUT2D eigenvalue weighted by molar-refractivity contribution is -0.385. The van der Waals surface area contributed by atoms with E-state index in [1.54, 1.807) is 0 Å². The summed E-state index contributed by atoms with van der Waals surface area (Å²) in [6, 6.07) is 4.21. The smallest absolute Gasteiger partial charge is 0.313 e. The van der Waals surface area contributed by atoms with Crippen LogP contribution in [0.5, 0.6) is 5.75 Å². The summed E-state index contributed by atoms with van der Waals surface area (Å²) < 4.78 is 9.90. The fraction of sp³-hybridized carbons (Fsp3) is 0.111. The lowest BCUT2D eigenvalue weighted by Crippen LogP contribution is -1.94. The minimum atomic E-state index is -0.538. The molecule has 0 aliphatic carbocycles. The van der Waals surface area contributed by atoms with E-state index in [2.05, 4.69) is 10.2 Å². The first-order valence-corrected chi connectivity index (χ1v) is 4.81.